The first-order chi connectivity index (χ1) is 9.79. The number of terminal acetylenes is 1. The number of rotatable bonds is 5. The van der Waals surface area contributed by atoms with Crippen molar-refractivity contribution in [3.8, 4) is 18.1 Å². The molecule has 0 amide bonds. The minimum absolute atomic E-state index is 0.0338. The van der Waals surface area contributed by atoms with Crippen molar-refractivity contribution in [1.82, 2.24) is 0 Å². The van der Waals surface area contributed by atoms with Gasteiger partial charge in [-0.1, -0.05) is 42.3 Å². The van der Waals surface area contributed by atoms with E-state index < -0.39 is 5.97 Å². The molecule has 0 unspecified atom stereocenters. The number of ether oxygens (including phenoxy) is 2. The Hall–Kier alpha value is -2.73. The average molecular weight is 266 g/mol. The van der Waals surface area contributed by atoms with Crippen LogP contribution in [0.3, 0.4) is 0 Å². The summed E-state index contributed by atoms with van der Waals surface area (Å²) in [6.45, 7) is 0.414. The second-order valence-corrected chi connectivity index (χ2v) is 4.08. The molecule has 2 rings (SSSR count). The maximum absolute atomic E-state index is 11.7. The summed E-state index contributed by atoms with van der Waals surface area (Å²) in [7, 11) is 0. The number of benzene rings is 2. The van der Waals surface area contributed by atoms with Crippen molar-refractivity contribution in [1.29, 1.82) is 0 Å². The lowest BCUT2D eigenvalue weighted by Gasteiger charge is -2.07. The van der Waals surface area contributed by atoms with E-state index in [4.69, 9.17) is 15.9 Å². The summed E-state index contributed by atoms with van der Waals surface area (Å²) in [6.07, 6.45) is 5.04. The zero-order valence-electron chi connectivity index (χ0n) is 10.9. The van der Waals surface area contributed by atoms with Gasteiger partial charge in [-0.25, -0.2) is 4.79 Å². The van der Waals surface area contributed by atoms with E-state index in [1.54, 1.807) is 24.3 Å². The summed E-state index contributed by atoms with van der Waals surface area (Å²) < 4.78 is 10.5. The van der Waals surface area contributed by atoms with E-state index in [9.17, 15) is 4.79 Å². The highest BCUT2D eigenvalue weighted by atomic mass is 16.5. The largest absolute Gasteiger partial charge is 0.489 e. The predicted octanol–water partition coefficient (Wildman–Crippen LogP) is 3.06. The van der Waals surface area contributed by atoms with Crippen molar-refractivity contribution >= 4 is 5.97 Å². The molecule has 0 heterocycles. The maximum atomic E-state index is 11.7. The minimum atomic E-state index is -0.451. The number of esters is 1. The van der Waals surface area contributed by atoms with Gasteiger partial charge in [-0.05, 0) is 23.8 Å². The van der Waals surface area contributed by atoms with E-state index in [0.29, 0.717) is 17.9 Å². The summed E-state index contributed by atoms with van der Waals surface area (Å²) in [6, 6.07) is 16.6. The first-order valence-electron chi connectivity index (χ1n) is 6.17. The third kappa shape index (κ3) is 3.89. The molecule has 3 nitrogen and oxygen atoms in total. The van der Waals surface area contributed by atoms with Crippen LogP contribution in [-0.4, -0.2) is 12.6 Å². The average Bonchev–Trinajstić information content (AvgIpc) is 2.52. The fraction of sp³-hybridized carbons (Fsp3) is 0.118. The predicted molar refractivity (Wildman–Crippen MR) is 76.3 cm³/mol. The Kier molecular flexibility index (Phi) is 4.80. The Morgan fingerprint density at radius 3 is 2.65 bits per heavy atom. The van der Waals surface area contributed by atoms with Gasteiger partial charge in [0.15, 0.2) is 6.61 Å². The monoisotopic (exact) mass is 266 g/mol. The van der Waals surface area contributed by atoms with Crippen LogP contribution >= 0.6 is 0 Å². The molecule has 0 N–H and O–H groups in total. The number of hydrogen-bond donors (Lipinski definition) is 0. The van der Waals surface area contributed by atoms with Crippen molar-refractivity contribution in [2.45, 2.75) is 6.61 Å². The quantitative estimate of drug-likeness (QED) is 0.616. The van der Waals surface area contributed by atoms with Gasteiger partial charge < -0.3 is 9.47 Å². The fourth-order valence-corrected chi connectivity index (χ4v) is 1.64. The topological polar surface area (TPSA) is 35.5 Å². The van der Waals surface area contributed by atoms with Crippen molar-refractivity contribution < 1.29 is 14.3 Å². The number of hydrogen-bond acceptors (Lipinski definition) is 3. The Morgan fingerprint density at radius 1 is 1.10 bits per heavy atom. The van der Waals surface area contributed by atoms with Crippen LogP contribution in [0.1, 0.15) is 15.9 Å². The number of carbonyl (C=O) groups is 1. The van der Waals surface area contributed by atoms with E-state index >= 15 is 0 Å². The van der Waals surface area contributed by atoms with Crippen LogP contribution in [-0.2, 0) is 11.3 Å². The van der Waals surface area contributed by atoms with Gasteiger partial charge in [0.1, 0.15) is 12.4 Å². The molecule has 2 aromatic rings. The van der Waals surface area contributed by atoms with Crippen LogP contribution in [0.15, 0.2) is 54.6 Å². The Bertz CT molecular complexity index is 612. The standard InChI is InChI=1S/C17H14O3/c1-2-11-19-17(18)15-9-6-10-16(12-15)20-13-14-7-4-3-5-8-14/h1,3-10,12H,11,13H2. The Balaban J connectivity index is 1.99. The van der Waals surface area contributed by atoms with Crippen LogP contribution in [0.25, 0.3) is 0 Å². The lowest BCUT2D eigenvalue weighted by atomic mass is 10.2. The fourth-order valence-electron chi connectivity index (χ4n) is 1.64. The van der Waals surface area contributed by atoms with Crippen LogP contribution < -0.4 is 4.74 Å². The molecular weight excluding hydrogens is 252 g/mol. The Labute approximate surface area is 118 Å². The lowest BCUT2D eigenvalue weighted by molar-refractivity contribution is 0.0556. The van der Waals surface area contributed by atoms with Crippen LogP contribution in [0.4, 0.5) is 0 Å². The molecule has 0 saturated carbocycles. The summed E-state index contributed by atoms with van der Waals surface area (Å²) in [5.74, 6) is 2.42. The number of carbonyl (C=O) groups excluding carboxylic acids is 1. The van der Waals surface area contributed by atoms with Crippen LogP contribution in [0.5, 0.6) is 5.75 Å². The van der Waals surface area contributed by atoms with Crippen molar-refractivity contribution in [3.05, 3.63) is 65.7 Å². The summed E-state index contributed by atoms with van der Waals surface area (Å²) in [5.41, 5.74) is 1.48. The highest BCUT2D eigenvalue weighted by molar-refractivity contribution is 5.89. The molecule has 3 heteroatoms. The zero-order valence-corrected chi connectivity index (χ0v) is 10.9. The summed E-state index contributed by atoms with van der Waals surface area (Å²) in [5, 5.41) is 0. The van der Waals surface area contributed by atoms with Crippen LogP contribution in [0, 0.1) is 12.3 Å². The van der Waals surface area contributed by atoms with E-state index in [1.165, 1.54) is 0 Å². The lowest BCUT2D eigenvalue weighted by Crippen LogP contribution is -2.05. The van der Waals surface area contributed by atoms with Gasteiger partial charge in [0.2, 0.25) is 0 Å². The molecule has 0 aliphatic carbocycles. The molecule has 0 atom stereocenters. The van der Waals surface area contributed by atoms with E-state index in [1.807, 2.05) is 30.3 Å². The van der Waals surface area contributed by atoms with Gasteiger partial charge in [-0.3, -0.25) is 0 Å². The Morgan fingerprint density at radius 2 is 1.90 bits per heavy atom. The molecule has 0 bridgehead atoms. The molecular formula is C17H14O3. The van der Waals surface area contributed by atoms with Gasteiger partial charge in [0.05, 0.1) is 5.56 Å². The molecule has 0 aromatic heterocycles. The normalized spacial score (nSPS) is 9.55. The van der Waals surface area contributed by atoms with Crippen molar-refractivity contribution in [2.75, 3.05) is 6.61 Å². The highest BCUT2D eigenvalue weighted by Gasteiger charge is 2.07. The molecule has 0 radical (unpaired) electrons. The van der Waals surface area contributed by atoms with Gasteiger partial charge in [0, 0.05) is 0 Å². The van der Waals surface area contributed by atoms with E-state index in [0.717, 1.165) is 5.56 Å². The second-order valence-electron chi connectivity index (χ2n) is 4.08. The van der Waals surface area contributed by atoms with Crippen molar-refractivity contribution in [3.63, 3.8) is 0 Å². The summed E-state index contributed by atoms with van der Waals surface area (Å²) in [4.78, 5) is 11.7. The molecule has 100 valence electrons. The minimum Gasteiger partial charge on any atom is -0.489 e. The zero-order chi connectivity index (χ0) is 14.2. The molecule has 2 aromatic carbocycles. The van der Waals surface area contributed by atoms with E-state index in [-0.39, 0.29) is 6.61 Å². The first-order valence-corrected chi connectivity index (χ1v) is 6.17. The second kappa shape index (κ2) is 7.01. The molecule has 20 heavy (non-hydrogen) atoms. The third-order valence-electron chi connectivity index (χ3n) is 2.60. The van der Waals surface area contributed by atoms with Crippen LogP contribution in [0.2, 0.25) is 0 Å². The van der Waals surface area contributed by atoms with Gasteiger partial charge in [0.25, 0.3) is 0 Å². The van der Waals surface area contributed by atoms with Crippen molar-refractivity contribution in [2.24, 2.45) is 0 Å². The highest BCUT2D eigenvalue weighted by Crippen LogP contribution is 2.16. The molecule has 0 fully saturated rings. The summed E-state index contributed by atoms with van der Waals surface area (Å²) >= 11 is 0. The molecule has 0 aliphatic rings. The molecule has 0 spiro atoms. The molecule has 0 saturated heterocycles. The third-order valence-corrected chi connectivity index (χ3v) is 2.60. The van der Waals surface area contributed by atoms with E-state index in [2.05, 4.69) is 5.92 Å². The van der Waals surface area contributed by atoms with Gasteiger partial charge in [-0.2, -0.15) is 0 Å². The smallest absolute Gasteiger partial charge is 0.339 e. The van der Waals surface area contributed by atoms with Gasteiger partial charge in [-0.15, -0.1) is 6.42 Å². The molecule has 0 aliphatic heterocycles. The van der Waals surface area contributed by atoms with Gasteiger partial charge >= 0.3 is 5.97 Å². The maximum Gasteiger partial charge on any atom is 0.339 e. The SMILES string of the molecule is C#CCOC(=O)c1cccc(OCc2ccccc2)c1. The first kappa shape index (κ1) is 13.7.